The average Bonchev–Trinajstić information content (AvgIpc) is 3.17. The molecule has 8 nitrogen and oxygen atoms in total. The molecule has 0 aromatic heterocycles. The summed E-state index contributed by atoms with van der Waals surface area (Å²) in [5, 5.41) is 14.5. The summed E-state index contributed by atoms with van der Waals surface area (Å²) in [6, 6.07) is 5.06. The van der Waals surface area contributed by atoms with E-state index in [1.54, 1.807) is 18.1 Å². The number of methoxy groups -OCH3 is 1. The Morgan fingerprint density at radius 3 is 2.58 bits per heavy atom. The van der Waals surface area contributed by atoms with Crippen LogP contribution in [0.4, 0.5) is 23.7 Å². The first-order valence-corrected chi connectivity index (χ1v) is 10.7. The number of rotatable bonds is 5. The molecule has 2 heterocycles. The predicted octanol–water partition coefficient (Wildman–Crippen LogP) is 2.20. The molecule has 0 aliphatic carbocycles. The Morgan fingerprint density at radius 1 is 1.30 bits per heavy atom. The number of anilines is 1. The monoisotopic (exact) mass is 467 g/mol. The molecule has 0 radical (unpaired) electrons. The molecule has 1 spiro atoms. The van der Waals surface area contributed by atoms with Crippen LogP contribution in [0.25, 0.3) is 0 Å². The van der Waals surface area contributed by atoms with Crippen LogP contribution < -0.4 is 15.5 Å². The number of piperidine rings is 1. The van der Waals surface area contributed by atoms with Crippen LogP contribution in [-0.2, 0) is 15.7 Å². The molecule has 0 bridgehead atoms. The van der Waals surface area contributed by atoms with Gasteiger partial charge in [0.2, 0.25) is 5.91 Å². The van der Waals surface area contributed by atoms with Crippen molar-refractivity contribution in [2.45, 2.75) is 19.0 Å². The lowest BCUT2D eigenvalue weighted by Crippen LogP contribution is -2.49. The van der Waals surface area contributed by atoms with Crippen LogP contribution in [0.5, 0.6) is 0 Å². The van der Waals surface area contributed by atoms with Crippen LogP contribution in [0.1, 0.15) is 24.0 Å². The Labute approximate surface area is 190 Å². The van der Waals surface area contributed by atoms with Crippen LogP contribution in [-0.4, -0.2) is 70.3 Å². The number of nitrogens with one attached hydrogen (secondary N) is 2. The van der Waals surface area contributed by atoms with E-state index < -0.39 is 28.6 Å². The second-order valence-corrected chi connectivity index (χ2v) is 8.46. The summed E-state index contributed by atoms with van der Waals surface area (Å²) in [5.74, 6) is -0.565. The molecule has 3 rings (SSSR count). The number of likely N-dealkylation sites (tertiary alicyclic amines) is 1. The number of carbonyl (C=O) groups is 2. The summed E-state index contributed by atoms with van der Waals surface area (Å²) in [6.07, 6.45) is -3.53. The highest BCUT2D eigenvalue weighted by atomic mass is 19.4. The average molecular weight is 467 g/mol. The van der Waals surface area contributed by atoms with Gasteiger partial charge in [-0.2, -0.15) is 18.4 Å². The molecule has 180 valence electrons. The van der Waals surface area contributed by atoms with Gasteiger partial charge in [-0.05, 0) is 31.0 Å². The second-order valence-electron chi connectivity index (χ2n) is 8.46. The summed E-state index contributed by atoms with van der Waals surface area (Å²) < 4.78 is 45.1. The first kappa shape index (κ1) is 24.6. The highest BCUT2D eigenvalue weighted by molar-refractivity contribution is 5.82. The van der Waals surface area contributed by atoms with Gasteiger partial charge in [-0.25, -0.2) is 4.79 Å². The Hall–Kier alpha value is -3.00. The Morgan fingerprint density at radius 2 is 2.00 bits per heavy atom. The van der Waals surface area contributed by atoms with Gasteiger partial charge in [0, 0.05) is 58.0 Å². The zero-order valence-corrected chi connectivity index (χ0v) is 18.7. The number of carbonyl (C=O) groups excluding carboxylic acids is 2. The number of hydrogen-bond acceptors (Lipinski definition) is 5. The van der Waals surface area contributed by atoms with Gasteiger partial charge >= 0.3 is 12.2 Å². The molecule has 1 aromatic carbocycles. The normalized spacial score (nSPS) is 19.9. The van der Waals surface area contributed by atoms with Crippen molar-refractivity contribution in [2.24, 2.45) is 11.3 Å². The molecular weight excluding hydrogens is 439 g/mol. The topological polar surface area (TPSA) is 97.7 Å². The molecule has 33 heavy (non-hydrogen) atoms. The summed E-state index contributed by atoms with van der Waals surface area (Å²) in [7, 11) is 3.08. The quantitative estimate of drug-likeness (QED) is 0.647. The lowest BCUT2D eigenvalue weighted by Gasteiger charge is -2.43. The van der Waals surface area contributed by atoms with Crippen molar-refractivity contribution in [1.29, 1.82) is 5.26 Å². The van der Waals surface area contributed by atoms with Gasteiger partial charge < -0.3 is 25.2 Å². The molecule has 2 fully saturated rings. The van der Waals surface area contributed by atoms with Gasteiger partial charge in [0.25, 0.3) is 0 Å². The molecular formula is C22H28F3N5O3. The minimum atomic E-state index is -4.62. The van der Waals surface area contributed by atoms with Crippen molar-refractivity contribution < 1.29 is 27.5 Å². The molecule has 1 aromatic rings. The largest absolute Gasteiger partial charge is 0.417 e. The number of hydrogen-bond donors (Lipinski definition) is 2. The van der Waals surface area contributed by atoms with Gasteiger partial charge in [-0.1, -0.05) is 0 Å². The van der Waals surface area contributed by atoms with Crippen molar-refractivity contribution in [2.75, 3.05) is 58.4 Å². The van der Waals surface area contributed by atoms with E-state index in [4.69, 9.17) is 10.00 Å². The predicted molar refractivity (Wildman–Crippen MR) is 114 cm³/mol. The zero-order valence-electron chi connectivity index (χ0n) is 18.7. The van der Waals surface area contributed by atoms with E-state index in [-0.39, 0.29) is 18.5 Å². The van der Waals surface area contributed by atoms with Crippen molar-refractivity contribution in [3.8, 4) is 6.07 Å². The maximum absolute atomic E-state index is 13.4. The maximum atomic E-state index is 13.4. The van der Waals surface area contributed by atoms with E-state index in [0.29, 0.717) is 51.3 Å². The summed E-state index contributed by atoms with van der Waals surface area (Å²) in [6.45, 7) is 2.30. The Kier molecular flexibility index (Phi) is 7.37. The zero-order chi connectivity index (χ0) is 24.2. The van der Waals surface area contributed by atoms with E-state index in [9.17, 15) is 22.8 Å². The van der Waals surface area contributed by atoms with E-state index in [2.05, 4.69) is 10.6 Å². The number of alkyl halides is 3. The Balaban J connectivity index is 1.79. The molecule has 3 amide bonds. The fourth-order valence-electron chi connectivity index (χ4n) is 4.82. The number of halogens is 3. The van der Waals surface area contributed by atoms with Crippen LogP contribution in [0.2, 0.25) is 0 Å². The SMILES string of the molecule is CNC(=O)N1CC(C(=O)NCCOC)C2(CCN(c3ccc(C#N)c(C(F)(F)F)c3)CC2)C1. The first-order chi connectivity index (χ1) is 15.6. The summed E-state index contributed by atoms with van der Waals surface area (Å²) in [4.78, 5) is 28.7. The second kappa shape index (κ2) is 9.87. The van der Waals surface area contributed by atoms with Crippen LogP contribution in [0.3, 0.4) is 0 Å². The van der Waals surface area contributed by atoms with Gasteiger partial charge in [0.15, 0.2) is 0 Å². The van der Waals surface area contributed by atoms with Crippen molar-refractivity contribution in [3.05, 3.63) is 29.3 Å². The molecule has 1 atom stereocenters. The number of nitrogens with zero attached hydrogens (tertiary/aromatic N) is 3. The lowest BCUT2D eigenvalue weighted by molar-refractivity contribution is -0.137. The molecule has 2 aliphatic rings. The third kappa shape index (κ3) is 5.16. The minimum absolute atomic E-state index is 0.148. The number of amides is 3. The molecule has 2 N–H and O–H groups in total. The number of nitriles is 1. The van der Waals surface area contributed by atoms with E-state index in [1.165, 1.54) is 19.2 Å². The summed E-state index contributed by atoms with van der Waals surface area (Å²) >= 11 is 0. The van der Waals surface area contributed by atoms with Crippen LogP contribution >= 0.6 is 0 Å². The van der Waals surface area contributed by atoms with Gasteiger partial charge in [0.1, 0.15) is 0 Å². The maximum Gasteiger partial charge on any atom is 0.417 e. The van der Waals surface area contributed by atoms with E-state index >= 15 is 0 Å². The molecule has 0 saturated carbocycles. The molecule has 1 unspecified atom stereocenters. The van der Waals surface area contributed by atoms with E-state index in [0.717, 1.165) is 6.07 Å². The minimum Gasteiger partial charge on any atom is -0.383 e. The number of benzene rings is 1. The van der Waals surface area contributed by atoms with Crippen molar-refractivity contribution >= 4 is 17.6 Å². The lowest BCUT2D eigenvalue weighted by atomic mass is 9.70. The third-order valence-electron chi connectivity index (χ3n) is 6.62. The standard InChI is InChI=1S/C22H28F3N5O3/c1-27-20(32)30-13-18(19(31)28-7-10-33-2)21(14-30)5-8-29(9-6-21)16-4-3-15(12-26)17(11-16)22(23,24)25/h3-4,11,18H,5-10,13-14H2,1-2H3,(H,27,32)(H,28,31). The van der Waals surface area contributed by atoms with Crippen LogP contribution in [0, 0.1) is 22.7 Å². The van der Waals surface area contributed by atoms with Crippen LogP contribution in [0.15, 0.2) is 18.2 Å². The molecule has 2 saturated heterocycles. The van der Waals surface area contributed by atoms with E-state index in [1.807, 2.05) is 4.90 Å². The van der Waals surface area contributed by atoms with Crippen molar-refractivity contribution in [1.82, 2.24) is 15.5 Å². The molecule has 11 heteroatoms. The fourth-order valence-corrected chi connectivity index (χ4v) is 4.82. The highest BCUT2D eigenvalue weighted by Gasteiger charge is 2.52. The third-order valence-corrected chi connectivity index (χ3v) is 6.62. The number of urea groups is 1. The smallest absolute Gasteiger partial charge is 0.383 e. The van der Waals surface area contributed by atoms with Crippen molar-refractivity contribution in [3.63, 3.8) is 0 Å². The summed E-state index contributed by atoms with van der Waals surface area (Å²) in [5.41, 5.74) is -1.44. The highest BCUT2D eigenvalue weighted by Crippen LogP contribution is 2.46. The van der Waals surface area contributed by atoms with Gasteiger partial charge in [-0.15, -0.1) is 0 Å². The Bertz CT molecular complexity index is 923. The first-order valence-electron chi connectivity index (χ1n) is 10.7. The van der Waals surface area contributed by atoms with Gasteiger partial charge in [0.05, 0.1) is 29.7 Å². The fraction of sp³-hybridized carbons (Fsp3) is 0.591. The molecule has 2 aliphatic heterocycles. The number of ether oxygens (including phenoxy) is 1. The van der Waals surface area contributed by atoms with Gasteiger partial charge in [-0.3, -0.25) is 4.79 Å².